The van der Waals surface area contributed by atoms with Crippen LogP contribution in [0.1, 0.15) is 0 Å². The molecule has 9 heteroatoms. The Labute approximate surface area is 117 Å². The number of halogens is 1. The Morgan fingerprint density at radius 3 is 2.85 bits per heavy atom. The number of rotatable bonds is 4. The quantitative estimate of drug-likeness (QED) is 0.400. The van der Waals surface area contributed by atoms with Crippen LogP contribution in [0.4, 0.5) is 15.9 Å². The molecule has 0 unspecified atom stereocenters. The molecule has 0 atom stereocenters. The van der Waals surface area contributed by atoms with Gasteiger partial charge in [-0.1, -0.05) is 17.8 Å². The number of nitro benzene ring substituents is 1. The molecule has 2 rings (SSSR count). The fourth-order valence-electron chi connectivity index (χ4n) is 1.41. The number of nitrogens with two attached hydrogens (primary N) is 1. The van der Waals surface area contributed by atoms with Gasteiger partial charge in [0.2, 0.25) is 11.6 Å². The maximum Gasteiger partial charge on any atom is 0.314 e. The second-order valence-corrected chi connectivity index (χ2v) is 4.34. The van der Waals surface area contributed by atoms with Gasteiger partial charge >= 0.3 is 5.69 Å². The first kappa shape index (κ1) is 14.0. The number of hydrogen-bond donors (Lipinski definition) is 1. The summed E-state index contributed by atoms with van der Waals surface area (Å²) in [6.07, 6.45) is 1.73. The fraction of sp³-hybridized carbons (Fsp3) is 0.0909. The molecule has 0 aliphatic rings. The highest BCUT2D eigenvalue weighted by Crippen LogP contribution is 2.33. The minimum Gasteiger partial charge on any atom is -0.428 e. The Balaban J connectivity index is 2.44. The average molecular weight is 296 g/mol. The molecule has 7 nitrogen and oxygen atoms in total. The lowest BCUT2D eigenvalue weighted by Crippen LogP contribution is -2.00. The van der Waals surface area contributed by atoms with Crippen molar-refractivity contribution in [3.8, 4) is 11.6 Å². The highest BCUT2D eigenvalue weighted by atomic mass is 32.2. The highest BCUT2D eigenvalue weighted by Gasteiger charge is 2.21. The molecule has 1 heterocycles. The standard InChI is InChI=1S/C11H9FN4O3S/c1-20-11-14-8(13)5-9(15-11)19-10-6(12)3-2-4-7(10)16(17)18/h2-5H,1H3,(H2,13,14,15). The number of nitrogens with zero attached hydrogens (tertiary/aromatic N) is 3. The monoisotopic (exact) mass is 296 g/mol. The van der Waals surface area contributed by atoms with E-state index >= 15 is 0 Å². The number of anilines is 1. The number of nitro groups is 1. The number of hydrogen-bond acceptors (Lipinski definition) is 7. The van der Waals surface area contributed by atoms with Crippen LogP contribution in [0.2, 0.25) is 0 Å². The van der Waals surface area contributed by atoms with Crippen LogP contribution >= 0.6 is 11.8 Å². The lowest BCUT2D eigenvalue weighted by Gasteiger charge is -2.07. The van der Waals surface area contributed by atoms with E-state index in [1.807, 2.05) is 0 Å². The summed E-state index contributed by atoms with van der Waals surface area (Å²) < 4.78 is 18.8. The zero-order valence-corrected chi connectivity index (χ0v) is 11.1. The molecular weight excluding hydrogens is 287 g/mol. The van der Waals surface area contributed by atoms with Crippen molar-refractivity contribution in [2.24, 2.45) is 0 Å². The second kappa shape index (κ2) is 5.70. The van der Waals surface area contributed by atoms with Gasteiger partial charge in [0.05, 0.1) is 4.92 Å². The SMILES string of the molecule is CSc1nc(N)cc(Oc2c(F)cccc2[N+](=O)[O-])n1. The Hall–Kier alpha value is -2.42. The van der Waals surface area contributed by atoms with Gasteiger partial charge in [-0.05, 0) is 12.3 Å². The lowest BCUT2D eigenvalue weighted by atomic mass is 10.3. The summed E-state index contributed by atoms with van der Waals surface area (Å²) >= 11 is 1.21. The molecular formula is C11H9FN4O3S. The molecule has 0 radical (unpaired) electrons. The van der Waals surface area contributed by atoms with Gasteiger partial charge in [-0.2, -0.15) is 4.98 Å². The van der Waals surface area contributed by atoms with Crippen molar-refractivity contribution in [3.63, 3.8) is 0 Å². The molecule has 0 saturated carbocycles. The molecule has 0 fully saturated rings. The molecule has 0 aliphatic carbocycles. The highest BCUT2D eigenvalue weighted by molar-refractivity contribution is 7.98. The van der Waals surface area contributed by atoms with Crippen LogP contribution in [0.5, 0.6) is 11.6 Å². The Bertz CT molecular complexity index is 668. The van der Waals surface area contributed by atoms with Crippen molar-refractivity contribution < 1.29 is 14.1 Å². The summed E-state index contributed by atoms with van der Waals surface area (Å²) in [7, 11) is 0. The van der Waals surface area contributed by atoms with Crippen LogP contribution < -0.4 is 10.5 Å². The summed E-state index contributed by atoms with van der Waals surface area (Å²) in [5, 5.41) is 11.2. The molecule has 20 heavy (non-hydrogen) atoms. The Morgan fingerprint density at radius 2 is 2.20 bits per heavy atom. The minimum atomic E-state index is -0.859. The van der Waals surface area contributed by atoms with Gasteiger partial charge in [-0.3, -0.25) is 10.1 Å². The molecule has 0 aliphatic heterocycles. The van der Waals surface area contributed by atoms with Gasteiger partial charge in [0.1, 0.15) is 5.82 Å². The van der Waals surface area contributed by atoms with Crippen molar-refractivity contribution in [1.82, 2.24) is 9.97 Å². The number of para-hydroxylation sites is 1. The van der Waals surface area contributed by atoms with Crippen LogP contribution in [0.3, 0.4) is 0 Å². The van der Waals surface area contributed by atoms with Gasteiger partial charge < -0.3 is 10.5 Å². The van der Waals surface area contributed by atoms with Gasteiger partial charge in [-0.25, -0.2) is 9.37 Å². The Kier molecular flexibility index (Phi) is 3.99. The smallest absolute Gasteiger partial charge is 0.314 e. The predicted octanol–water partition coefficient (Wildman–Crippen LogP) is 2.62. The predicted molar refractivity (Wildman–Crippen MR) is 71.4 cm³/mol. The lowest BCUT2D eigenvalue weighted by molar-refractivity contribution is -0.385. The molecule has 1 aromatic carbocycles. The van der Waals surface area contributed by atoms with Crippen molar-refractivity contribution in [2.45, 2.75) is 5.16 Å². The van der Waals surface area contributed by atoms with Gasteiger partial charge in [0.15, 0.2) is 11.0 Å². The van der Waals surface area contributed by atoms with E-state index in [0.29, 0.717) is 5.16 Å². The molecule has 2 aromatic rings. The van der Waals surface area contributed by atoms with Crippen LogP contribution in [-0.2, 0) is 0 Å². The molecule has 0 amide bonds. The molecule has 0 bridgehead atoms. The largest absolute Gasteiger partial charge is 0.428 e. The van der Waals surface area contributed by atoms with E-state index in [0.717, 1.165) is 12.1 Å². The van der Waals surface area contributed by atoms with Crippen LogP contribution in [-0.4, -0.2) is 21.1 Å². The van der Waals surface area contributed by atoms with Gasteiger partial charge in [-0.15, -0.1) is 0 Å². The normalized spacial score (nSPS) is 10.3. The molecule has 0 spiro atoms. The maximum atomic E-state index is 13.7. The summed E-state index contributed by atoms with van der Waals surface area (Å²) in [6.45, 7) is 0. The topological polar surface area (TPSA) is 104 Å². The van der Waals surface area contributed by atoms with Gasteiger partial charge in [0, 0.05) is 12.1 Å². The van der Waals surface area contributed by atoms with Crippen molar-refractivity contribution >= 4 is 23.3 Å². The fourth-order valence-corrected chi connectivity index (χ4v) is 1.79. The zero-order valence-electron chi connectivity index (χ0n) is 10.2. The van der Waals surface area contributed by atoms with Crippen LogP contribution in [0, 0.1) is 15.9 Å². The molecule has 2 N–H and O–H groups in total. The number of ether oxygens (including phenoxy) is 1. The third kappa shape index (κ3) is 2.94. The number of thioether (sulfide) groups is 1. The third-order valence-electron chi connectivity index (χ3n) is 2.23. The second-order valence-electron chi connectivity index (χ2n) is 3.57. The first-order chi connectivity index (χ1) is 9.51. The number of nitrogen functional groups attached to an aromatic ring is 1. The summed E-state index contributed by atoms with van der Waals surface area (Å²) in [5.41, 5.74) is 5.06. The Morgan fingerprint density at radius 1 is 1.45 bits per heavy atom. The number of aromatic nitrogens is 2. The molecule has 1 aromatic heterocycles. The van der Waals surface area contributed by atoms with Gasteiger partial charge in [0.25, 0.3) is 0 Å². The van der Waals surface area contributed by atoms with E-state index in [9.17, 15) is 14.5 Å². The van der Waals surface area contributed by atoms with E-state index in [1.54, 1.807) is 6.26 Å². The molecule has 0 saturated heterocycles. The van der Waals surface area contributed by atoms with E-state index in [2.05, 4.69) is 9.97 Å². The van der Waals surface area contributed by atoms with Crippen molar-refractivity contribution in [3.05, 3.63) is 40.2 Å². The summed E-state index contributed by atoms with van der Waals surface area (Å²) in [5.74, 6) is -1.31. The van der Waals surface area contributed by atoms with E-state index in [-0.39, 0.29) is 11.7 Å². The minimum absolute atomic E-state index is 0.0601. The first-order valence-electron chi connectivity index (χ1n) is 5.30. The van der Waals surface area contributed by atoms with E-state index in [4.69, 9.17) is 10.5 Å². The third-order valence-corrected chi connectivity index (χ3v) is 2.78. The number of benzene rings is 1. The van der Waals surface area contributed by atoms with E-state index in [1.165, 1.54) is 23.9 Å². The van der Waals surface area contributed by atoms with Crippen molar-refractivity contribution in [1.29, 1.82) is 0 Å². The van der Waals surface area contributed by atoms with Crippen LogP contribution in [0.15, 0.2) is 29.4 Å². The average Bonchev–Trinajstić information content (AvgIpc) is 2.40. The zero-order chi connectivity index (χ0) is 14.7. The van der Waals surface area contributed by atoms with Crippen molar-refractivity contribution in [2.75, 3.05) is 12.0 Å². The molecule has 104 valence electrons. The maximum absolute atomic E-state index is 13.7. The summed E-state index contributed by atoms with van der Waals surface area (Å²) in [4.78, 5) is 18.0. The summed E-state index contributed by atoms with van der Waals surface area (Å²) in [6, 6.07) is 4.68. The van der Waals surface area contributed by atoms with E-state index < -0.39 is 22.2 Å². The first-order valence-corrected chi connectivity index (χ1v) is 6.53. The van der Waals surface area contributed by atoms with Crippen LogP contribution in [0.25, 0.3) is 0 Å².